The van der Waals surface area contributed by atoms with Gasteiger partial charge in [0.05, 0.1) is 17.6 Å². The first-order valence-corrected chi connectivity index (χ1v) is 4.24. The standard InChI is InChI=1S/C10H9N2/c1-2-5-9-8(4-1)11-10-6-3-7-12(9)10/h1-2,4-5,7H,3,6H2. The van der Waals surface area contributed by atoms with Crippen LogP contribution in [0, 0.1) is 6.54 Å². The fourth-order valence-corrected chi connectivity index (χ4v) is 1.80. The van der Waals surface area contributed by atoms with Gasteiger partial charge in [-0.3, -0.25) is 0 Å². The third-order valence-electron chi connectivity index (χ3n) is 2.35. The van der Waals surface area contributed by atoms with E-state index >= 15 is 0 Å². The summed E-state index contributed by atoms with van der Waals surface area (Å²) in [5.41, 5.74) is 2.36. The van der Waals surface area contributed by atoms with E-state index in [2.05, 4.69) is 34.3 Å². The van der Waals surface area contributed by atoms with E-state index < -0.39 is 0 Å². The van der Waals surface area contributed by atoms with Crippen molar-refractivity contribution >= 4 is 11.0 Å². The van der Waals surface area contributed by atoms with Gasteiger partial charge in [0.2, 0.25) is 0 Å². The maximum Gasteiger partial charge on any atom is 0.110 e. The first-order chi connectivity index (χ1) is 5.95. The molecule has 1 radical (unpaired) electrons. The first-order valence-electron chi connectivity index (χ1n) is 4.24. The lowest BCUT2D eigenvalue weighted by molar-refractivity contribution is 0.997. The number of benzene rings is 1. The molecule has 3 rings (SSSR count). The third kappa shape index (κ3) is 0.670. The topological polar surface area (TPSA) is 17.8 Å². The monoisotopic (exact) mass is 157 g/mol. The Bertz CT molecular complexity index is 428. The SMILES string of the molecule is [CH]1CCc2nc3ccccc3n21. The predicted molar refractivity (Wildman–Crippen MR) is 47.8 cm³/mol. The van der Waals surface area contributed by atoms with E-state index in [-0.39, 0.29) is 0 Å². The Hall–Kier alpha value is -1.31. The average molecular weight is 157 g/mol. The van der Waals surface area contributed by atoms with Crippen LogP contribution in [0.25, 0.3) is 11.0 Å². The number of aryl methyl sites for hydroxylation is 1. The molecule has 0 saturated heterocycles. The summed E-state index contributed by atoms with van der Waals surface area (Å²) < 4.78 is 2.20. The van der Waals surface area contributed by atoms with Crippen molar-refractivity contribution in [3.8, 4) is 0 Å². The molecule has 0 spiro atoms. The Kier molecular flexibility index (Phi) is 1.09. The molecule has 0 bridgehead atoms. The van der Waals surface area contributed by atoms with E-state index in [0.717, 1.165) is 18.4 Å². The van der Waals surface area contributed by atoms with Crippen LogP contribution in [-0.4, -0.2) is 9.55 Å². The number of aromatic nitrogens is 2. The zero-order chi connectivity index (χ0) is 7.97. The van der Waals surface area contributed by atoms with Crippen molar-refractivity contribution in [2.24, 2.45) is 0 Å². The number of para-hydroxylation sites is 2. The Morgan fingerprint density at radius 3 is 3.17 bits per heavy atom. The number of hydrogen-bond acceptors (Lipinski definition) is 1. The van der Waals surface area contributed by atoms with Crippen LogP contribution in [0.3, 0.4) is 0 Å². The Balaban J connectivity index is 2.44. The van der Waals surface area contributed by atoms with Gasteiger partial charge in [0.25, 0.3) is 0 Å². The van der Waals surface area contributed by atoms with Crippen LogP contribution >= 0.6 is 0 Å². The lowest BCUT2D eigenvalue weighted by atomic mass is 10.3. The van der Waals surface area contributed by atoms with Gasteiger partial charge in [0.1, 0.15) is 5.82 Å². The molecule has 1 aromatic heterocycles. The second kappa shape index (κ2) is 2.09. The van der Waals surface area contributed by atoms with Gasteiger partial charge < -0.3 is 4.57 Å². The van der Waals surface area contributed by atoms with Crippen molar-refractivity contribution in [1.82, 2.24) is 9.55 Å². The molecule has 59 valence electrons. The summed E-state index contributed by atoms with van der Waals surface area (Å²) in [5, 5.41) is 0. The van der Waals surface area contributed by atoms with Crippen molar-refractivity contribution in [2.75, 3.05) is 0 Å². The number of nitrogens with zero attached hydrogens (tertiary/aromatic N) is 2. The molecule has 1 aromatic carbocycles. The summed E-state index contributed by atoms with van der Waals surface area (Å²) in [6.07, 6.45) is 2.22. The number of fused-ring (bicyclic) bond motifs is 3. The maximum absolute atomic E-state index is 4.52. The van der Waals surface area contributed by atoms with Crippen LogP contribution in [0.15, 0.2) is 24.3 Å². The zero-order valence-electron chi connectivity index (χ0n) is 6.70. The normalized spacial score (nSPS) is 15.3. The summed E-state index contributed by atoms with van der Waals surface area (Å²) in [6, 6.07) is 8.27. The van der Waals surface area contributed by atoms with E-state index in [4.69, 9.17) is 0 Å². The quantitative estimate of drug-likeness (QED) is 0.571. The highest BCUT2D eigenvalue weighted by Crippen LogP contribution is 2.22. The predicted octanol–water partition coefficient (Wildman–Crippen LogP) is 1.99. The lowest BCUT2D eigenvalue weighted by Crippen LogP contribution is -1.88. The minimum Gasteiger partial charge on any atom is -0.323 e. The molecule has 2 aromatic rings. The van der Waals surface area contributed by atoms with E-state index in [1.807, 2.05) is 6.07 Å². The largest absolute Gasteiger partial charge is 0.323 e. The van der Waals surface area contributed by atoms with Crippen molar-refractivity contribution in [3.63, 3.8) is 0 Å². The zero-order valence-corrected chi connectivity index (χ0v) is 6.70. The molecule has 0 unspecified atom stereocenters. The molecule has 0 saturated carbocycles. The number of hydrogen-bond donors (Lipinski definition) is 0. The van der Waals surface area contributed by atoms with Crippen molar-refractivity contribution in [3.05, 3.63) is 36.6 Å². The van der Waals surface area contributed by atoms with E-state index in [1.165, 1.54) is 11.3 Å². The minimum absolute atomic E-state index is 1.09. The lowest BCUT2D eigenvalue weighted by Gasteiger charge is -1.95. The molecule has 0 aliphatic carbocycles. The molecule has 1 aliphatic rings. The number of imidazole rings is 1. The van der Waals surface area contributed by atoms with Crippen molar-refractivity contribution in [2.45, 2.75) is 12.8 Å². The fourth-order valence-electron chi connectivity index (χ4n) is 1.80. The van der Waals surface area contributed by atoms with Gasteiger partial charge in [-0.1, -0.05) is 12.1 Å². The smallest absolute Gasteiger partial charge is 0.110 e. The average Bonchev–Trinajstić information content (AvgIpc) is 2.62. The summed E-state index contributed by atoms with van der Waals surface area (Å²) in [5.74, 6) is 1.20. The van der Waals surface area contributed by atoms with Gasteiger partial charge in [-0.05, 0) is 18.6 Å². The van der Waals surface area contributed by atoms with E-state index in [0.29, 0.717) is 0 Å². The molecular formula is C10H9N2. The molecule has 0 amide bonds. The van der Waals surface area contributed by atoms with Crippen LogP contribution in [0.5, 0.6) is 0 Å². The fraction of sp³-hybridized carbons (Fsp3) is 0.200. The third-order valence-corrected chi connectivity index (χ3v) is 2.35. The van der Waals surface area contributed by atoms with Gasteiger partial charge in [-0.15, -0.1) is 0 Å². The summed E-state index contributed by atoms with van der Waals surface area (Å²) in [4.78, 5) is 4.52. The van der Waals surface area contributed by atoms with Gasteiger partial charge in [-0.2, -0.15) is 0 Å². The summed E-state index contributed by atoms with van der Waals surface area (Å²) in [6.45, 7) is 2.21. The van der Waals surface area contributed by atoms with Crippen LogP contribution in [-0.2, 0) is 6.42 Å². The minimum atomic E-state index is 1.09. The molecular weight excluding hydrogens is 148 g/mol. The molecule has 2 heteroatoms. The van der Waals surface area contributed by atoms with Gasteiger partial charge in [-0.25, -0.2) is 4.98 Å². The van der Waals surface area contributed by atoms with E-state index in [9.17, 15) is 0 Å². The van der Waals surface area contributed by atoms with Crippen LogP contribution in [0.2, 0.25) is 0 Å². The summed E-state index contributed by atoms with van der Waals surface area (Å²) in [7, 11) is 0. The van der Waals surface area contributed by atoms with Crippen LogP contribution in [0.1, 0.15) is 12.2 Å². The molecule has 2 nitrogen and oxygen atoms in total. The van der Waals surface area contributed by atoms with E-state index in [1.54, 1.807) is 0 Å². The van der Waals surface area contributed by atoms with Crippen LogP contribution in [0.4, 0.5) is 0 Å². The Labute approximate surface area is 70.8 Å². The van der Waals surface area contributed by atoms with Gasteiger partial charge in [0.15, 0.2) is 0 Å². The molecule has 0 atom stereocenters. The Morgan fingerprint density at radius 1 is 1.25 bits per heavy atom. The highest BCUT2D eigenvalue weighted by atomic mass is 15.1. The second-order valence-corrected chi connectivity index (χ2v) is 3.11. The highest BCUT2D eigenvalue weighted by molar-refractivity contribution is 5.76. The van der Waals surface area contributed by atoms with Crippen molar-refractivity contribution in [1.29, 1.82) is 0 Å². The van der Waals surface area contributed by atoms with Crippen LogP contribution < -0.4 is 0 Å². The molecule has 12 heavy (non-hydrogen) atoms. The van der Waals surface area contributed by atoms with Gasteiger partial charge >= 0.3 is 0 Å². The molecule has 0 N–H and O–H groups in total. The second-order valence-electron chi connectivity index (χ2n) is 3.11. The Morgan fingerprint density at radius 2 is 2.17 bits per heavy atom. The highest BCUT2D eigenvalue weighted by Gasteiger charge is 2.14. The number of rotatable bonds is 0. The molecule has 2 heterocycles. The van der Waals surface area contributed by atoms with Gasteiger partial charge in [0, 0.05) is 6.42 Å². The molecule has 0 fully saturated rings. The maximum atomic E-state index is 4.52. The molecule has 1 aliphatic heterocycles. The first kappa shape index (κ1) is 6.23. The van der Waals surface area contributed by atoms with Crippen molar-refractivity contribution < 1.29 is 0 Å². The summed E-state index contributed by atoms with van der Waals surface area (Å²) >= 11 is 0.